The lowest BCUT2D eigenvalue weighted by atomic mass is 10.2. The predicted molar refractivity (Wildman–Crippen MR) is 63.5 cm³/mol. The third-order valence-electron chi connectivity index (χ3n) is 3.09. The summed E-state index contributed by atoms with van der Waals surface area (Å²) in [5.74, 6) is -0.621. The molecular formula is C11H20O5S. The Balaban J connectivity index is 3.03. The maximum Gasteiger partial charge on any atom is 0.327 e. The molecule has 0 aliphatic heterocycles. The average Bonchev–Trinajstić information content (AvgIpc) is 2.98. The fourth-order valence-electron chi connectivity index (χ4n) is 1.91. The maximum absolute atomic E-state index is 12.5. The standard InChI is InChI=1S/C11H20O5S/c1-5-16-9(12)11(6-7-11)17(13,14)10(2,3)8-15-4/h5-8H2,1-4H3. The van der Waals surface area contributed by atoms with E-state index in [1.807, 2.05) is 0 Å². The van der Waals surface area contributed by atoms with Crippen molar-refractivity contribution in [1.82, 2.24) is 0 Å². The zero-order valence-electron chi connectivity index (χ0n) is 10.8. The highest BCUT2D eigenvalue weighted by Gasteiger charge is 2.66. The van der Waals surface area contributed by atoms with Crippen molar-refractivity contribution in [3.05, 3.63) is 0 Å². The van der Waals surface area contributed by atoms with Crippen molar-refractivity contribution in [2.24, 2.45) is 0 Å². The minimum Gasteiger partial charge on any atom is -0.465 e. The van der Waals surface area contributed by atoms with Gasteiger partial charge in [0.1, 0.15) is 0 Å². The molecule has 0 saturated heterocycles. The zero-order chi connectivity index (χ0) is 13.3. The van der Waals surface area contributed by atoms with E-state index in [0.717, 1.165) is 0 Å². The molecule has 1 fully saturated rings. The Labute approximate surface area is 102 Å². The third-order valence-corrected chi connectivity index (χ3v) is 6.26. The summed E-state index contributed by atoms with van der Waals surface area (Å²) in [7, 11) is -2.16. The van der Waals surface area contributed by atoms with E-state index < -0.39 is 25.3 Å². The molecule has 0 aromatic rings. The fraction of sp³-hybridized carbons (Fsp3) is 0.909. The van der Waals surface area contributed by atoms with Crippen LogP contribution < -0.4 is 0 Å². The fourth-order valence-corrected chi connectivity index (χ4v) is 4.16. The Hall–Kier alpha value is -0.620. The summed E-state index contributed by atoms with van der Waals surface area (Å²) in [6.45, 7) is 5.08. The van der Waals surface area contributed by atoms with Crippen molar-refractivity contribution >= 4 is 15.8 Å². The summed E-state index contributed by atoms with van der Waals surface area (Å²) in [4.78, 5) is 11.8. The Bertz CT molecular complexity index is 392. The number of ether oxygens (including phenoxy) is 2. The Kier molecular flexibility index (Phi) is 3.88. The Morgan fingerprint density at radius 1 is 1.35 bits per heavy atom. The van der Waals surface area contributed by atoms with Crippen molar-refractivity contribution in [2.45, 2.75) is 43.1 Å². The number of sulfone groups is 1. The molecular weight excluding hydrogens is 244 g/mol. The second kappa shape index (κ2) is 4.57. The van der Waals surface area contributed by atoms with Gasteiger partial charge in [0.05, 0.1) is 18.0 Å². The van der Waals surface area contributed by atoms with E-state index in [4.69, 9.17) is 9.47 Å². The highest BCUT2D eigenvalue weighted by atomic mass is 32.2. The molecule has 0 aromatic carbocycles. The van der Waals surface area contributed by atoms with E-state index in [-0.39, 0.29) is 13.2 Å². The second-order valence-corrected chi connectivity index (χ2v) is 7.80. The van der Waals surface area contributed by atoms with Crippen LogP contribution in [0.1, 0.15) is 33.6 Å². The first kappa shape index (κ1) is 14.4. The highest BCUT2D eigenvalue weighted by Crippen LogP contribution is 2.49. The van der Waals surface area contributed by atoms with Crippen LogP contribution in [0.3, 0.4) is 0 Å². The summed E-state index contributed by atoms with van der Waals surface area (Å²) >= 11 is 0. The van der Waals surface area contributed by atoms with Crippen LogP contribution >= 0.6 is 0 Å². The molecule has 100 valence electrons. The molecule has 1 rings (SSSR count). The van der Waals surface area contributed by atoms with E-state index in [2.05, 4.69) is 0 Å². The number of rotatable bonds is 6. The highest BCUT2D eigenvalue weighted by molar-refractivity contribution is 7.95. The molecule has 0 radical (unpaired) electrons. The van der Waals surface area contributed by atoms with Gasteiger partial charge in [-0.05, 0) is 33.6 Å². The molecule has 0 unspecified atom stereocenters. The SMILES string of the molecule is CCOC(=O)C1(S(=O)(=O)C(C)(C)COC)CC1. The molecule has 1 aliphatic carbocycles. The van der Waals surface area contributed by atoms with Crippen LogP contribution in [0.25, 0.3) is 0 Å². The summed E-state index contributed by atoms with van der Waals surface area (Å²) in [6.07, 6.45) is 0.697. The van der Waals surface area contributed by atoms with E-state index in [9.17, 15) is 13.2 Å². The molecule has 17 heavy (non-hydrogen) atoms. The average molecular weight is 264 g/mol. The van der Waals surface area contributed by atoms with E-state index in [1.165, 1.54) is 7.11 Å². The van der Waals surface area contributed by atoms with Gasteiger partial charge in [0.2, 0.25) is 0 Å². The molecule has 1 saturated carbocycles. The molecule has 5 nitrogen and oxygen atoms in total. The number of esters is 1. The lowest BCUT2D eigenvalue weighted by Gasteiger charge is -2.28. The first-order chi connectivity index (χ1) is 7.75. The Morgan fingerprint density at radius 2 is 1.88 bits per heavy atom. The minimum absolute atomic E-state index is 0.0660. The van der Waals surface area contributed by atoms with Crippen molar-refractivity contribution in [1.29, 1.82) is 0 Å². The predicted octanol–water partition coefficient (Wildman–Crippen LogP) is 0.922. The maximum atomic E-state index is 12.5. The van der Waals surface area contributed by atoms with Gasteiger partial charge in [-0.15, -0.1) is 0 Å². The lowest BCUT2D eigenvalue weighted by Crippen LogP contribution is -2.48. The first-order valence-electron chi connectivity index (χ1n) is 5.65. The van der Waals surface area contributed by atoms with Gasteiger partial charge in [0, 0.05) is 7.11 Å². The van der Waals surface area contributed by atoms with Crippen molar-refractivity contribution < 1.29 is 22.7 Å². The van der Waals surface area contributed by atoms with Crippen molar-refractivity contribution in [2.75, 3.05) is 20.3 Å². The van der Waals surface area contributed by atoms with Crippen LogP contribution in [0.15, 0.2) is 0 Å². The normalized spacial score (nSPS) is 18.8. The van der Waals surface area contributed by atoms with Crippen LogP contribution in [0.5, 0.6) is 0 Å². The van der Waals surface area contributed by atoms with E-state index in [1.54, 1.807) is 20.8 Å². The van der Waals surface area contributed by atoms with Crippen LogP contribution in [0.4, 0.5) is 0 Å². The van der Waals surface area contributed by atoms with Gasteiger partial charge in [-0.2, -0.15) is 0 Å². The molecule has 0 spiro atoms. The molecule has 0 bridgehead atoms. The number of carbonyl (C=O) groups is 1. The summed E-state index contributed by atoms with van der Waals surface area (Å²) in [6, 6.07) is 0. The number of hydrogen-bond acceptors (Lipinski definition) is 5. The topological polar surface area (TPSA) is 69.7 Å². The smallest absolute Gasteiger partial charge is 0.327 e. The number of methoxy groups -OCH3 is 1. The van der Waals surface area contributed by atoms with Crippen molar-refractivity contribution in [3.8, 4) is 0 Å². The molecule has 0 N–H and O–H groups in total. The summed E-state index contributed by atoms with van der Waals surface area (Å²) in [5.41, 5.74) is 0. The summed E-state index contributed by atoms with van der Waals surface area (Å²) in [5, 5.41) is 0. The molecule has 6 heteroatoms. The van der Waals surface area contributed by atoms with Gasteiger partial charge < -0.3 is 9.47 Å². The lowest BCUT2D eigenvalue weighted by molar-refractivity contribution is -0.143. The van der Waals surface area contributed by atoms with Gasteiger partial charge in [0.25, 0.3) is 0 Å². The summed E-state index contributed by atoms with van der Waals surface area (Å²) < 4.78 is 32.3. The van der Waals surface area contributed by atoms with Gasteiger partial charge in [-0.3, -0.25) is 4.79 Å². The van der Waals surface area contributed by atoms with Gasteiger partial charge >= 0.3 is 5.97 Å². The number of hydrogen-bond donors (Lipinski definition) is 0. The monoisotopic (exact) mass is 264 g/mol. The third kappa shape index (κ3) is 2.20. The minimum atomic E-state index is -3.61. The molecule has 0 atom stereocenters. The second-order valence-electron chi connectivity index (χ2n) is 4.91. The van der Waals surface area contributed by atoms with Crippen LogP contribution in [0, 0.1) is 0 Å². The first-order valence-corrected chi connectivity index (χ1v) is 7.14. The zero-order valence-corrected chi connectivity index (χ0v) is 11.6. The quantitative estimate of drug-likeness (QED) is 0.667. The van der Waals surface area contributed by atoms with Crippen molar-refractivity contribution in [3.63, 3.8) is 0 Å². The Morgan fingerprint density at radius 3 is 2.24 bits per heavy atom. The van der Waals surface area contributed by atoms with Gasteiger partial charge in [0.15, 0.2) is 14.6 Å². The molecule has 0 amide bonds. The van der Waals surface area contributed by atoms with E-state index >= 15 is 0 Å². The molecule has 1 aliphatic rings. The van der Waals surface area contributed by atoms with Gasteiger partial charge in [-0.25, -0.2) is 8.42 Å². The number of carbonyl (C=O) groups excluding carboxylic acids is 1. The molecule has 0 heterocycles. The van der Waals surface area contributed by atoms with Crippen LogP contribution in [-0.2, 0) is 24.1 Å². The largest absolute Gasteiger partial charge is 0.465 e. The van der Waals surface area contributed by atoms with Crippen LogP contribution in [-0.4, -0.2) is 44.2 Å². The van der Waals surface area contributed by atoms with E-state index in [0.29, 0.717) is 12.8 Å². The van der Waals surface area contributed by atoms with Crippen LogP contribution in [0.2, 0.25) is 0 Å². The van der Waals surface area contributed by atoms with Gasteiger partial charge in [-0.1, -0.05) is 0 Å². The molecule has 0 aromatic heterocycles.